The summed E-state index contributed by atoms with van der Waals surface area (Å²) < 4.78 is 5.29. The van der Waals surface area contributed by atoms with Crippen molar-refractivity contribution in [3.05, 3.63) is 58.8 Å². The van der Waals surface area contributed by atoms with Gasteiger partial charge in [0.25, 0.3) is 0 Å². The van der Waals surface area contributed by atoms with E-state index in [0.717, 1.165) is 18.9 Å². The second-order valence-corrected chi connectivity index (χ2v) is 7.87. The minimum absolute atomic E-state index is 0.590. The van der Waals surface area contributed by atoms with Gasteiger partial charge in [-0.2, -0.15) is 0 Å². The van der Waals surface area contributed by atoms with Crippen molar-refractivity contribution in [3.8, 4) is 0 Å². The zero-order valence-electron chi connectivity index (χ0n) is 21.8. The Labute approximate surface area is 192 Å². The zero-order chi connectivity index (χ0) is 23.9. The number of allylic oxidation sites excluding steroid dienone is 4. The highest BCUT2D eigenvalue weighted by atomic mass is 32.2. The highest BCUT2D eigenvalue weighted by molar-refractivity contribution is 8.00. The van der Waals surface area contributed by atoms with Crippen molar-refractivity contribution >= 4 is 17.5 Å². The van der Waals surface area contributed by atoms with Crippen molar-refractivity contribution in [3.63, 3.8) is 0 Å². The second-order valence-electron chi connectivity index (χ2n) is 6.50. The number of benzene rings is 1. The summed E-state index contributed by atoms with van der Waals surface area (Å²) >= 11 is 1.91. The van der Waals surface area contributed by atoms with Crippen molar-refractivity contribution in [2.75, 3.05) is 20.3 Å². The van der Waals surface area contributed by atoms with E-state index in [-0.39, 0.29) is 0 Å². The Morgan fingerprint density at radius 2 is 1.57 bits per heavy atom. The molecule has 2 rings (SSSR count). The third kappa shape index (κ3) is 9.57. The Hall–Kier alpha value is -1.45. The Morgan fingerprint density at radius 3 is 2.00 bits per heavy atom. The molecule has 2 nitrogen and oxygen atoms in total. The molecule has 0 aromatic heterocycles. The predicted octanol–water partition coefficient (Wildman–Crippen LogP) is 8.73. The van der Waals surface area contributed by atoms with E-state index < -0.39 is 0 Å². The molecule has 1 fully saturated rings. The average Bonchev–Trinajstić information content (AvgIpc) is 2.77. The molecule has 0 bridgehead atoms. The number of ether oxygens (including phenoxy) is 1. The number of aryl methyl sites for hydroxylation is 1. The predicted molar refractivity (Wildman–Crippen MR) is 140 cm³/mol. The van der Waals surface area contributed by atoms with E-state index in [2.05, 4.69) is 77.4 Å². The van der Waals surface area contributed by atoms with Gasteiger partial charge < -0.3 is 9.64 Å². The highest BCUT2D eigenvalue weighted by Crippen LogP contribution is 2.32. The Bertz CT molecular complexity index is 684. The zero-order valence-corrected chi connectivity index (χ0v) is 22.6. The van der Waals surface area contributed by atoms with Crippen LogP contribution in [-0.4, -0.2) is 30.4 Å². The van der Waals surface area contributed by atoms with Crippen LogP contribution in [0.1, 0.15) is 80.4 Å². The molecule has 3 heteroatoms. The number of nitrogens with zero attached hydrogens (tertiary/aromatic N) is 1. The van der Waals surface area contributed by atoms with Gasteiger partial charge in [0.05, 0.1) is 18.5 Å². The van der Waals surface area contributed by atoms with Crippen molar-refractivity contribution in [2.45, 2.75) is 86.3 Å². The van der Waals surface area contributed by atoms with Crippen LogP contribution < -0.4 is 0 Å². The lowest BCUT2D eigenvalue weighted by atomic mass is 10.0. The van der Waals surface area contributed by atoms with Crippen LogP contribution >= 0.6 is 11.8 Å². The Morgan fingerprint density at radius 1 is 1.03 bits per heavy atom. The van der Waals surface area contributed by atoms with Crippen molar-refractivity contribution in [1.82, 2.24) is 4.90 Å². The maximum absolute atomic E-state index is 5.29. The first-order chi connectivity index (χ1) is 14.3. The molecule has 172 valence electrons. The monoisotopic (exact) mass is 433 g/mol. The van der Waals surface area contributed by atoms with Crippen LogP contribution in [0.4, 0.5) is 0 Å². The Balaban J connectivity index is 0. The molecule has 0 unspecified atom stereocenters. The quantitative estimate of drug-likeness (QED) is 0.416. The van der Waals surface area contributed by atoms with Gasteiger partial charge in [-0.15, -0.1) is 11.8 Å². The van der Waals surface area contributed by atoms with Crippen LogP contribution in [0.15, 0.2) is 52.6 Å². The van der Waals surface area contributed by atoms with Gasteiger partial charge in [-0.25, -0.2) is 0 Å². The molecule has 0 atom stereocenters. The van der Waals surface area contributed by atoms with Gasteiger partial charge in [0, 0.05) is 23.3 Å². The third-order valence-electron chi connectivity index (χ3n) is 4.77. The number of thioether (sulfide) groups is 1. The molecular formula is C27H47NOS. The van der Waals surface area contributed by atoms with Gasteiger partial charge in [-0.3, -0.25) is 0 Å². The molecule has 0 amide bonds. The first-order valence-electron chi connectivity index (χ1n) is 11.4. The SMILES string of the molecule is C=C(c1cc(C)cc(SC2COC2)c1)N(C)/C(C)=C(C)\C(C)=C\C.CC.CC.CC. The number of hydrogen-bond acceptors (Lipinski definition) is 3. The van der Waals surface area contributed by atoms with E-state index in [0.29, 0.717) is 5.25 Å². The molecule has 1 heterocycles. The molecule has 1 aromatic carbocycles. The average molecular weight is 434 g/mol. The summed E-state index contributed by atoms with van der Waals surface area (Å²) in [7, 11) is 2.10. The fourth-order valence-electron chi connectivity index (χ4n) is 2.61. The van der Waals surface area contributed by atoms with Crippen LogP contribution in [-0.2, 0) is 4.74 Å². The summed E-state index contributed by atoms with van der Waals surface area (Å²) in [6.45, 7) is 28.8. The van der Waals surface area contributed by atoms with Gasteiger partial charge in [0.1, 0.15) is 0 Å². The molecule has 0 spiro atoms. The van der Waals surface area contributed by atoms with E-state index in [1.54, 1.807) is 0 Å². The first-order valence-corrected chi connectivity index (χ1v) is 12.3. The van der Waals surface area contributed by atoms with Gasteiger partial charge in [0.15, 0.2) is 0 Å². The largest absolute Gasteiger partial charge is 0.379 e. The lowest BCUT2D eigenvalue weighted by Gasteiger charge is -2.27. The van der Waals surface area contributed by atoms with Gasteiger partial charge in [-0.1, -0.05) is 59.8 Å². The summed E-state index contributed by atoms with van der Waals surface area (Å²) in [5.74, 6) is 0. The van der Waals surface area contributed by atoms with Crippen molar-refractivity contribution < 1.29 is 4.74 Å². The summed E-state index contributed by atoms with van der Waals surface area (Å²) in [5.41, 5.74) is 7.33. The lowest BCUT2D eigenvalue weighted by Crippen LogP contribution is -2.30. The Kier molecular flexibility index (Phi) is 17.7. The molecule has 1 saturated heterocycles. The van der Waals surface area contributed by atoms with E-state index in [1.165, 1.54) is 32.9 Å². The van der Waals surface area contributed by atoms with Crippen molar-refractivity contribution in [2.24, 2.45) is 0 Å². The van der Waals surface area contributed by atoms with Gasteiger partial charge in [-0.05, 0) is 69.5 Å². The lowest BCUT2D eigenvalue weighted by molar-refractivity contribution is 0.0455. The topological polar surface area (TPSA) is 12.5 Å². The van der Waals surface area contributed by atoms with Crippen LogP contribution in [0.2, 0.25) is 0 Å². The van der Waals surface area contributed by atoms with Crippen LogP contribution in [0.3, 0.4) is 0 Å². The molecule has 30 heavy (non-hydrogen) atoms. The maximum atomic E-state index is 5.29. The van der Waals surface area contributed by atoms with Gasteiger partial charge in [0.2, 0.25) is 0 Å². The van der Waals surface area contributed by atoms with E-state index in [4.69, 9.17) is 4.74 Å². The molecular weight excluding hydrogens is 386 g/mol. The fraction of sp³-hybridized carbons (Fsp3) is 0.556. The summed E-state index contributed by atoms with van der Waals surface area (Å²) in [6.07, 6.45) is 2.15. The van der Waals surface area contributed by atoms with Crippen LogP contribution in [0.5, 0.6) is 0 Å². The number of rotatable bonds is 6. The first kappa shape index (κ1) is 30.7. The van der Waals surface area contributed by atoms with Crippen molar-refractivity contribution in [1.29, 1.82) is 0 Å². The minimum Gasteiger partial charge on any atom is -0.379 e. The molecule has 1 aliphatic heterocycles. The van der Waals surface area contributed by atoms with Crippen LogP contribution in [0.25, 0.3) is 5.70 Å². The normalized spacial score (nSPS) is 13.8. The fourth-order valence-corrected chi connectivity index (χ4v) is 3.77. The van der Waals surface area contributed by atoms with E-state index in [9.17, 15) is 0 Å². The van der Waals surface area contributed by atoms with Gasteiger partial charge >= 0.3 is 0 Å². The summed E-state index contributed by atoms with van der Waals surface area (Å²) in [4.78, 5) is 3.49. The summed E-state index contributed by atoms with van der Waals surface area (Å²) in [6, 6.07) is 6.71. The highest BCUT2D eigenvalue weighted by Gasteiger charge is 2.20. The molecule has 1 aliphatic rings. The minimum atomic E-state index is 0.590. The van der Waals surface area contributed by atoms with Crippen LogP contribution in [0, 0.1) is 6.92 Å². The molecule has 0 saturated carbocycles. The molecule has 1 aromatic rings. The van der Waals surface area contributed by atoms with E-state index in [1.807, 2.05) is 53.3 Å². The standard InChI is InChI=1S/C21H29NOS.3C2H6/c1-8-15(3)16(4)17(5)22(7)18(6)19-9-14(2)10-20(11-19)24-21-12-23-13-21;3*1-2/h8-11,21H,6,12-13H2,1-5,7H3;3*1-2H3/b15-8+,17-16-;;;. The second kappa shape index (κ2) is 17.3. The molecule has 0 aliphatic carbocycles. The molecule has 0 radical (unpaired) electrons. The third-order valence-corrected chi connectivity index (χ3v) is 5.88. The number of hydrogen-bond donors (Lipinski definition) is 0. The van der Waals surface area contributed by atoms with E-state index >= 15 is 0 Å². The maximum Gasteiger partial charge on any atom is 0.0611 e. The smallest absolute Gasteiger partial charge is 0.0611 e. The summed E-state index contributed by atoms with van der Waals surface area (Å²) in [5, 5.41) is 0.590. The molecule has 0 N–H and O–H groups in total.